The van der Waals surface area contributed by atoms with Crippen LogP contribution in [0.5, 0.6) is 0 Å². The molecular weight excluding hydrogens is 352 g/mol. The molecule has 2 aromatic carbocycles. The Labute approximate surface area is 157 Å². The third kappa shape index (κ3) is 4.30. The molecule has 0 amide bonds. The normalized spacial score (nSPS) is 10.6. The van der Waals surface area contributed by atoms with Crippen molar-refractivity contribution in [2.24, 2.45) is 0 Å². The first-order valence-electron chi connectivity index (χ1n) is 8.26. The minimum absolute atomic E-state index is 0.152. The molecule has 0 saturated heterocycles. The monoisotopic (exact) mass is 370 g/mol. The van der Waals surface area contributed by atoms with Gasteiger partial charge >= 0.3 is 5.97 Å². The van der Waals surface area contributed by atoms with E-state index in [-0.39, 0.29) is 5.97 Å². The van der Waals surface area contributed by atoms with E-state index in [1.54, 1.807) is 11.3 Å². The lowest BCUT2D eigenvalue weighted by atomic mass is 9.95. The molecule has 0 radical (unpaired) electrons. The molecule has 25 heavy (non-hydrogen) atoms. The van der Waals surface area contributed by atoms with Crippen LogP contribution in [0.4, 0.5) is 0 Å². The van der Waals surface area contributed by atoms with E-state index in [0.29, 0.717) is 19.4 Å². The first-order valence-corrected chi connectivity index (χ1v) is 9.52. The van der Waals surface area contributed by atoms with E-state index in [1.807, 2.05) is 43.3 Å². The highest BCUT2D eigenvalue weighted by Gasteiger charge is 2.13. The second-order valence-electron chi connectivity index (χ2n) is 5.63. The van der Waals surface area contributed by atoms with Crippen molar-refractivity contribution < 1.29 is 9.53 Å². The molecule has 128 valence electrons. The zero-order chi connectivity index (χ0) is 17.6. The van der Waals surface area contributed by atoms with E-state index in [9.17, 15) is 4.79 Å². The largest absolute Gasteiger partial charge is 0.466 e. The van der Waals surface area contributed by atoms with Gasteiger partial charge in [-0.25, -0.2) is 0 Å². The summed E-state index contributed by atoms with van der Waals surface area (Å²) in [6.45, 7) is 2.25. The van der Waals surface area contributed by atoms with Gasteiger partial charge in [0.2, 0.25) is 0 Å². The third-order valence-electron chi connectivity index (χ3n) is 3.98. The summed E-state index contributed by atoms with van der Waals surface area (Å²) < 4.78 is 5.05. The summed E-state index contributed by atoms with van der Waals surface area (Å²) in [5, 5.41) is 2.83. The zero-order valence-electron chi connectivity index (χ0n) is 14.0. The van der Waals surface area contributed by atoms with E-state index >= 15 is 0 Å². The van der Waals surface area contributed by atoms with Crippen molar-refractivity contribution in [3.63, 3.8) is 0 Å². The summed E-state index contributed by atoms with van der Waals surface area (Å²) in [6.07, 6.45) is 1.07. The van der Waals surface area contributed by atoms with Gasteiger partial charge in [0.15, 0.2) is 0 Å². The molecule has 1 aromatic heterocycles. The summed E-state index contributed by atoms with van der Waals surface area (Å²) in [6, 6.07) is 18.3. The highest BCUT2D eigenvalue weighted by atomic mass is 35.5. The number of rotatable bonds is 6. The lowest BCUT2D eigenvalue weighted by Gasteiger charge is -2.11. The second kappa shape index (κ2) is 8.32. The van der Waals surface area contributed by atoms with Gasteiger partial charge < -0.3 is 4.74 Å². The van der Waals surface area contributed by atoms with Crippen LogP contribution in [0.15, 0.2) is 60.0 Å². The van der Waals surface area contributed by atoms with Crippen molar-refractivity contribution in [1.82, 2.24) is 0 Å². The van der Waals surface area contributed by atoms with Crippen LogP contribution in [0.3, 0.4) is 0 Å². The van der Waals surface area contributed by atoms with Gasteiger partial charge in [-0.2, -0.15) is 0 Å². The van der Waals surface area contributed by atoms with Crippen LogP contribution in [-0.2, 0) is 16.0 Å². The fourth-order valence-electron chi connectivity index (χ4n) is 2.82. The van der Waals surface area contributed by atoms with Crippen molar-refractivity contribution in [2.75, 3.05) is 6.61 Å². The predicted octanol–water partition coefficient (Wildman–Crippen LogP) is 6.23. The van der Waals surface area contributed by atoms with Crippen molar-refractivity contribution >= 4 is 28.9 Å². The Bertz CT molecular complexity index is 852. The van der Waals surface area contributed by atoms with Gasteiger partial charge in [-0.05, 0) is 53.6 Å². The number of thiophene rings is 1. The Balaban J connectivity index is 1.92. The minimum atomic E-state index is -0.152. The predicted molar refractivity (Wildman–Crippen MR) is 105 cm³/mol. The van der Waals surface area contributed by atoms with Crippen molar-refractivity contribution in [3.05, 3.63) is 70.6 Å². The highest BCUT2D eigenvalue weighted by molar-refractivity contribution is 7.14. The van der Waals surface area contributed by atoms with Crippen LogP contribution in [0.2, 0.25) is 5.02 Å². The van der Waals surface area contributed by atoms with Crippen LogP contribution in [0.1, 0.15) is 18.9 Å². The smallest absolute Gasteiger partial charge is 0.306 e. The van der Waals surface area contributed by atoms with Crippen LogP contribution in [-0.4, -0.2) is 12.6 Å². The fraction of sp³-hybridized carbons (Fsp3) is 0.190. The summed E-state index contributed by atoms with van der Waals surface area (Å²) >= 11 is 7.72. The van der Waals surface area contributed by atoms with E-state index in [2.05, 4.69) is 23.6 Å². The average Bonchev–Trinajstić information content (AvgIpc) is 3.10. The van der Waals surface area contributed by atoms with Gasteiger partial charge in [-0.15, -0.1) is 11.3 Å². The van der Waals surface area contributed by atoms with Gasteiger partial charge in [0, 0.05) is 21.9 Å². The first-order chi connectivity index (χ1) is 12.2. The maximum Gasteiger partial charge on any atom is 0.306 e. The fourth-order valence-corrected chi connectivity index (χ4v) is 3.86. The van der Waals surface area contributed by atoms with E-state index < -0.39 is 0 Å². The summed E-state index contributed by atoms with van der Waals surface area (Å²) in [4.78, 5) is 12.9. The number of carbonyl (C=O) groups is 1. The van der Waals surface area contributed by atoms with Crippen molar-refractivity contribution in [2.45, 2.75) is 19.8 Å². The Morgan fingerprint density at radius 1 is 1.04 bits per heavy atom. The summed E-state index contributed by atoms with van der Waals surface area (Å²) in [5.74, 6) is -0.152. The first kappa shape index (κ1) is 17.7. The second-order valence-corrected chi connectivity index (χ2v) is 6.99. The molecule has 0 aliphatic carbocycles. The molecule has 0 spiro atoms. The molecule has 0 bridgehead atoms. The molecule has 0 atom stereocenters. The molecule has 1 heterocycles. The van der Waals surface area contributed by atoms with Gasteiger partial charge in [0.1, 0.15) is 0 Å². The molecule has 3 rings (SSSR count). The maximum atomic E-state index is 11.7. The lowest BCUT2D eigenvalue weighted by molar-refractivity contribution is -0.143. The lowest BCUT2D eigenvalue weighted by Crippen LogP contribution is -2.05. The number of hydrogen-bond donors (Lipinski definition) is 0. The minimum Gasteiger partial charge on any atom is -0.466 e. The topological polar surface area (TPSA) is 26.3 Å². The van der Waals surface area contributed by atoms with Crippen LogP contribution in [0, 0.1) is 0 Å². The van der Waals surface area contributed by atoms with Gasteiger partial charge in [-0.3, -0.25) is 4.79 Å². The maximum absolute atomic E-state index is 11.7. The molecule has 2 nitrogen and oxygen atoms in total. The molecule has 0 saturated carbocycles. The van der Waals surface area contributed by atoms with Crippen LogP contribution in [0.25, 0.3) is 21.6 Å². The van der Waals surface area contributed by atoms with Crippen LogP contribution < -0.4 is 0 Å². The van der Waals surface area contributed by atoms with Crippen LogP contribution >= 0.6 is 22.9 Å². The van der Waals surface area contributed by atoms with E-state index in [1.165, 1.54) is 10.4 Å². The number of ether oxygens (including phenoxy) is 1. The Hall–Kier alpha value is -2.10. The average molecular weight is 371 g/mol. The number of aryl methyl sites for hydroxylation is 1. The highest BCUT2D eigenvalue weighted by Crippen LogP contribution is 2.38. The number of esters is 1. The van der Waals surface area contributed by atoms with E-state index in [0.717, 1.165) is 21.7 Å². The standard InChI is InChI=1S/C21H19ClO2S/c1-2-24-20(23)12-9-15-5-3-4-6-18(15)19-13-14-25-21(19)16-7-10-17(22)11-8-16/h3-8,10-11,13-14H,2,9,12H2,1H3. The quantitative estimate of drug-likeness (QED) is 0.480. The van der Waals surface area contributed by atoms with Gasteiger partial charge in [0.25, 0.3) is 0 Å². The van der Waals surface area contributed by atoms with Gasteiger partial charge in [-0.1, -0.05) is 48.0 Å². The summed E-state index contributed by atoms with van der Waals surface area (Å²) in [5.41, 5.74) is 4.66. The van der Waals surface area contributed by atoms with Crippen molar-refractivity contribution in [3.8, 4) is 21.6 Å². The molecule has 3 aromatic rings. The Kier molecular flexibility index (Phi) is 5.90. The molecule has 0 aliphatic heterocycles. The molecule has 0 aliphatic rings. The van der Waals surface area contributed by atoms with Crippen molar-refractivity contribution in [1.29, 1.82) is 0 Å². The summed E-state index contributed by atoms with van der Waals surface area (Å²) in [7, 11) is 0. The number of hydrogen-bond acceptors (Lipinski definition) is 3. The molecule has 0 unspecified atom stereocenters. The number of halogens is 1. The zero-order valence-corrected chi connectivity index (χ0v) is 15.6. The Morgan fingerprint density at radius 2 is 1.80 bits per heavy atom. The molecule has 4 heteroatoms. The number of benzene rings is 2. The van der Waals surface area contributed by atoms with E-state index in [4.69, 9.17) is 16.3 Å². The molecule has 0 N–H and O–H groups in total. The molecular formula is C21H19ClO2S. The molecule has 0 fully saturated rings. The Morgan fingerprint density at radius 3 is 2.56 bits per heavy atom. The third-order valence-corrected chi connectivity index (χ3v) is 5.20. The number of carbonyl (C=O) groups excluding carboxylic acids is 1. The SMILES string of the molecule is CCOC(=O)CCc1ccccc1-c1ccsc1-c1ccc(Cl)cc1. The van der Waals surface area contributed by atoms with Gasteiger partial charge in [0.05, 0.1) is 6.61 Å².